The minimum atomic E-state index is 0.222. The molecule has 2 aliphatic heterocycles. The van der Waals surface area contributed by atoms with E-state index in [2.05, 4.69) is 54.5 Å². The van der Waals surface area contributed by atoms with Crippen molar-refractivity contribution >= 4 is 5.96 Å². The lowest BCUT2D eigenvalue weighted by Crippen LogP contribution is -2.39. The molecule has 0 bridgehead atoms. The van der Waals surface area contributed by atoms with Gasteiger partial charge < -0.3 is 25.0 Å². The SMILES string of the molecule is CCNC(=NCc1ccc(C)cc1OCC1CCCO1)NCCC1CCN(CC)CC1. The number of piperidine rings is 1. The number of hydrogen-bond acceptors (Lipinski definition) is 4. The van der Waals surface area contributed by atoms with E-state index in [1.54, 1.807) is 0 Å². The number of aliphatic imine (C=N–C) groups is 1. The number of benzene rings is 1. The highest BCUT2D eigenvalue weighted by Gasteiger charge is 2.18. The Balaban J connectivity index is 1.50. The third kappa shape index (κ3) is 8.00. The van der Waals surface area contributed by atoms with Gasteiger partial charge in [-0.15, -0.1) is 0 Å². The Morgan fingerprint density at radius 3 is 2.74 bits per heavy atom. The largest absolute Gasteiger partial charge is 0.491 e. The van der Waals surface area contributed by atoms with Gasteiger partial charge in [-0.25, -0.2) is 4.99 Å². The molecule has 2 fully saturated rings. The van der Waals surface area contributed by atoms with Crippen LogP contribution < -0.4 is 15.4 Å². The normalized spacial score (nSPS) is 20.7. The van der Waals surface area contributed by atoms with Gasteiger partial charge in [0.1, 0.15) is 12.4 Å². The third-order valence-corrected chi connectivity index (χ3v) is 6.42. The van der Waals surface area contributed by atoms with E-state index < -0.39 is 0 Å². The van der Waals surface area contributed by atoms with Crippen molar-refractivity contribution < 1.29 is 9.47 Å². The summed E-state index contributed by atoms with van der Waals surface area (Å²) in [6.45, 7) is 14.1. The zero-order valence-electron chi connectivity index (χ0n) is 19.8. The number of guanidine groups is 1. The molecule has 174 valence electrons. The fraction of sp³-hybridized carbons (Fsp3) is 0.720. The number of ether oxygens (including phenoxy) is 2. The average molecular weight is 431 g/mol. The van der Waals surface area contributed by atoms with E-state index >= 15 is 0 Å². The van der Waals surface area contributed by atoms with Gasteiger partial charge in [0.05, 0.1) is 12.6 Å². The van der Waals surface area contributed by atoms with Crippen LogP contribution in [0.25, 0.3) is 0 Å². The molecule has 0 aliphatic carbocycles. The van der Waals surface area contributed by atoms with E-state index in [4.69, 9.17) is 14.5 Å². The van der Waals surface area contributed by atoms with Gasteiger partial charge in [-0.3, -0.25) is 0 Å². The predicted molar refractivity (Wildman–Crippen MR) is 128 cm³/mol. The minimum Gasteiger partial charge on any atom is -0.491 e. The van der Waals surface area contributed by atoms with Gasteiger partial charge in [0.15, 0.2) is 5.96 Å². The van der Waals surface area contributed by atoms with Crippen LogP contribution in [0.3, 0.4) is 0 Å². The van der Waals surface area contributed by atoms with Gasteiger partial charge in [0.25, 0.3) is 0 Å². The Kier molecular flexibility index (Phi) is 9.94. The molecule has 6 nitrogen and oxygen atoms in total. The summed E-state index contributed by atoms with van der Waals surface area (Å²) < 4.78 is 11.8. The quantitative estimate of drug-likeness (QED) is 0.438. The first-order valence-electron chi connectivity index (χ1n) is 12.3. The van der Waals surface area contributed by atoms with Crippen molar-refractivity contribution in [3.8, 4) is 5.75 Å². The minimum absolute atomic E-state index is 0.222. The summed E-state index contributed by atoms with van der Waals surface area (Å²) in [6, 6.07) is 6.38. The molecule has 6 heteroatoms. The second-order valence-corrected chi connectivity index (χ2v) is 8.85. The Morgan fingerprint density at radius 2 is 2.03 bits per heavy atom. The topological polar surface area (TPSA) is 58.1 Å². The monoisotopic (exact) mass is 430 g/mol. The van der Waals surface area contributed by atoms with Crippen molar-refractivity contribution in [3.05, 3.63) is 29.3 Å². The zero-order valence-corrected chi connectivity index (χ0v) is 19.8. The van der Waals surface area contributed by atoms with E-state index in [9.17, 15) is 0 Å². The molecule has 1 aromatic carbocycles. The summed E-state index contributed by atoms with van der Waals surface area (Å²) in [5.41, 5.74) is 2.32. The van der Waals surface area contributed by atoms with Gasteiger partial charge in [0.2, 0.25) is 0 Å². The molecular formula is C25H42N4O2. The highest BCUT2D eigenvalue weighted by atomic mass is 16.5. The molecule has 3 rings (SSSR count). The van der Waals surface area contributed by atoms with Crippen molar-refractivity contribution in [1.82, 2.24) is 15.5 Å². The molecular weight excluding hydrogens is 388 g/mol. The summed E-state index contributed by atoms with van der Waals surface area (Å²) in [5.74, 6) is 2.64. The molecule has 0 spiro atoms. The first-order chi connectivity index (χ1) is 15.2. The third-order valence-electron chi connectivity index (χ3n) is 6.42. The number of nitrogens with one attached hydrogen (secondary N) is 2. The van der Waals surface area contributed by atoms with E-state index in [0.717, 1.165) is 55.7 Å². The maximum absolute atomic E-state index is 6.13. The molecule has 1 atom stereocenters. The zero-order chi connectivity index (χ0) is 21.9. The van der Waals surface area contributed by atoms with Gasteiger partial charge in [0, 0.05) is 25.3 Å². The van der Waals surface area contributed by atoms with Crippen LogP contribution in [0.4, 0.5) is 0 Å². The molecule has 1 aromatic rings. The summed E-state index contributed by atoms with van der Waals surface area (Å²) >= 11 is 0. The molecule has 2 saturated heterocycles. The van der Waals surface area contributed by atoms with Crippen LogP contribution in [0.15, 0.2) is 23.2 Å². The molecule has 1 unspecified atom stereocenters. The van der Waals surface area contributed by atoms with Crippen molar-refractivity contribution in [2.45, 2.75) is 65.5 Å². The number of likely N-dealkylation sites (tertiary alicyclic amines) is 1. The smallest absolute Gasteiger partial charge is 0.191 e. The number of aryl methyl sites for hydroxylation is 1. The number of nitrogens with zero attached hydrogens (tertiary/aromatic N) is 2. The molecule has 0 radical (unpaired) electrons. The van der Waals surface area contributed by atoms with Crippen LogP contribution in [0.2, 0.25) is 0 Å². The fourth-order valence-electron chi connectivity index (χ4n) is 4.38. The summed E-state index contributed by atoms with van der Waals surface area (Å²) in [5, 5.41) is 6.92. The maximum atomic E-state index is 6.13. The van der Waals surface area contributed by atoms with E-state index in [0.29, 0.717) is 13.2 Å². The van der Waals surface area contributed by atoms with Crippen LogP contribution in [0.5, 0.6) is 5.75 Å². The lowest BCUT2D eigenvalue weighted by atomic mass is 9.93. The van der Waals surface area contributed by atoms with E-state index in [1.807, 2.05) is 0 Å². The van der Waals surface area contributed by atoms with Gasteiger partial charge >= 0.3 is 0 Å². The first-order valence-corrected chi connectivity index (χ1v) is 12.3. The summed E-state index contributed by atoms with van der Waals surface area (Å²) in [4.78, 5) is 7.39. The van der Waals surface area contributed by atoms with Crippen molar-refractivity contribution in [3.63, 3.8) is 0 Å². The van der Waals surface area contributed by atoms with Crippen LogP contribution >= 0.6 is 0 Å². The standard InChI is InChI=1S/C25H42N4O2/c1-4-26-25(27-13-10-21-11-14-29(5-2)15-12-21)28-18-22-9-8-20(3)17-24(22)31-19-23-7-6-16-30-23/h8-9,17,21,23H,4-7,10-16,18-19H2,1-3H3,(H2,26,27,28). The second kappa shape index (κ2) is 12.9. The van der Waals surface area contributed by atoms with Gasteiger partial charge in [-0.1, -0.05) is 19.1 Å². The van der Waals surface area contributed by atoms with E-state index in [1.165, 1.54) is 44.5 Å². The van der Waals surface area contributed by atoms with Gasteiger partial charge in [-0.05, 0) is 83.1 Å². The highest BCUT2D eigenvalue weighted by Crippen LogP contribution is 2.23. The predicted octanol–water partition coefficient (Wildman–Crippen LogP) is 3.73. The first kappa shape index (κ1) is 23.9. The van der Waals surface area contributed by atoms with Crippen LogP contribution in [0.1, 0.15) is 57.1 Å². The van der Waals surface area contributed by atoms with Crippen molar-refractivity contribution in [1.29, 1.82) is 0 Å². The van der Waals surface area contributed by atoms with Gasteiger partial charge in [-0.2, -0.15) is 0 Å². The molecule has 2 N–H and O–H groups in total. The summed E-state index contributed by atoms with van der Waals surface area (Å²) in [6.07, 6.45) is 6.29. The average Bonchev–Trinajstić information content (AvgIpc) is 3.31. The molecule has 0 aromatic heterocycles. The molecule has 31 heavy (non-hydrogen) atoms. The molecule has 2 heterocycles. The Morgan fingerprint density at radius 1 is 1.19 bits per heavy atom. The number of hydrogen-bond donors (Lipinski definition) is 2. The Hall–Kier alpha value is -1.79. The molecule has 2 aliphatic rings. The lowest BCUT2D eigenvalue weighted by molar-refractivity contribution is 0.0676. The molecule has 0 amide bonds. The number of rotatable bonds is 10. The van der Waals surface area contributed by atoms with Crippen LogP contribution in [-0.2, 0) is 11.3 Å². The Labute approximate surface area is 188 Å². The fourth-order valence-corrected chi connectivity index (χ4v) is 4.38. The van der Waals surface area contributed by atoms with E-state index in [-0.39, 0.29) is 6.10 Å². The Bertz CT molecular complexity index is 680. The second-order valence-electron chi connectivity index (χ2n) is 8.85. The molecule has 0 saturated carbocycles. The van der Waals surface area contributed by atoms with Crippen molar-refractivity contribution in [2.24, 2.45) is 10.9 Å². The van der Waals surface area contributed by atoms with Crippen molar-refractivity contribution in [2.75, 3.05) is 45.9 Å². The summed E-state index contributed by atoms with van der Waals surface area (Å²) in [7, 11) is 0. The maximum Gasteiger partial charge on any atom is 0.191 e. The lowest BCUT2D eigenvalue weighted by Gasteiger charge is -2.31. The van der Waals surface area contributed by atoms with Crippen LogP contribution in [0, 0.1) is 12.8 Å². The highest BCUT2D eigenvalue weighted by molar-refractivity contribution is 5.79. The van der Waals surface area contributed by atoms with Crippen LogP contribution in [-0.4, -0.2) is 62.9 Å².